The molecule has 2 amide bonds. The monoisotopic (exact) mass is 436 g/mol. The van der Waals surface area contributed by atoms with Gasteiger partial charge in [0.2, 0.25) is 11.8 Å². The first-order chi connectivity index (χ1) is 14.1. The summed E-state index contributed by atoms with van der Waals surface area (Å²) in [6.07, 6.45) is 0.523. The van der Waals surface area contributed by atoms with E-state index in [1.165, 1.54) is 6.07 Å². The highest BCUT2D eigenvalue weighted by Crippen LogP contribution is 2.34. The van der Waals surface area contributed by atoms with Crippen LogP contribution >= 0.6 is 0 Å². The summed E-state index contributed by atoms with van der Waals surface area (Å²) in [4.78, 5) is 25.9. The Kier molecular flexibility index (Phi) is 6.21. The Bertz CT molecular complexity index is 1100. The molecule has 3 rings (SSSR count). The average Bonchev–Trinajstić information content (AvgIpc) is 3.03. The molecule has 2 aromatic carbocycles. The highest BCUT2D eigenvalue weighted by Gasteiger charge is 2.31. The molecule has 6 nitrogen and oxygen atoms in total. The van der Waals surface area contributed by atoms with Gasteiger partial charge < -0.3 is 10.2 Å². The van der Waals surface area contributed by atoms with E-state index in [9.17, 15) is 26.8 Å². The van der Waals surface area contributed by atoms with E-state index in [1.807, 2.05) is 6.92 Å². The van der Waals surface area contributed by atoms with Crippen LogP contribution in [0.5, 0.6) is 0 Å². The van der Waals surface area contributed by atoms with Crippen LogP contribution in [-0.4, -0.2) is 32.0 Å². The van der Waals surface area contributed by atoms with Crippen molar-refractivity contribution >= 4 is 33.0 Å². The fourth-order valence-electron chi connectivity index (χ4n) is 3.50. The number of fused-ring (bicyclic) bond motifs is 1. The largest absolute Gasteiger partial charge is 0.324 e. The fourth-order valence-corrected chi connectivity index (χ4v) is 4.79. The van der Waals surface area contributed by atoms with E-state index < -0.39 is 33.1 Å². The lowest BCUT2D eigenvalue weighted by Gasteiger charge is -2.22. The molecule has 0 saturated heterocycles. The summed E-state index contributed by atoms with van der Waals surface area (Å²) < 4.78 is 51.9. The lowest BCUT2D eigenvalue weighted by atomic mass is 10.1. The molecule has 0 radical (unpaired) electrons. The van der Waals surface area contributed by atoms with Crippen LogP contribution in [-0.2, 0) is 25.8 Å². The van der Waals surface area contributed by atoms with Crippen LogP contribution in [0.15, 0.2) is 41.3 Å². The summed E-state index contributed by atoms with van der Waals surface area (Å²) in [5.74, 6) is -2.91. The van der Waals surface area contributed by atoms with Crippen molar-refractivity contribution < 1.29 is 26.8 Å². The third-order valence-corrected chi connectivity index (χ3v) is 6.71. The van der Waals surface area contributed by atoms with Gasteiger partial charge in [0.25, 0.3) is 0 Å². The van der Waals surface area contributed by atoms with Gasteiger partial charge >= 0.3 is 0 Å². The van der Waals surface area contributed by atoms with Gasteiger partial charge in [0.05, 0.1) is 16.3 Å². The predicted molar refractivity (Wildman–Crippen MR) is 109 cm³/mol. The van der Waals surface area contributed by atoms with Gasteiger partial charge in [0.15, 0.2) is 9.84 Å². The third kappa shape index (κ3) is 4.51. The second-order valence-electron chi connectivity index (χ2n) is 7.20. The quantitative estimate of drug-likeness (QED) is 0.752. The molecule has 9 heteroatoms. The molecule has 0 saturated carbocycles. The van der Waals surface area contributed by atoms with E-state index in [0.29, 0.717) is 24.6 Å². The molecule has 1 heterocycles. The number of halogens is 2. The summed E-state index contributed by atoms with van der Waals surface area (Å²) in [7, 11) is -3.76. The normalized spacial score (nSPS) is 15.7. The zero-order valence-electron chi connectivity index (χ0n) is 16.6. The van der Waals surface area contributed by atoms with Crippen LogP contribution in [0.3, 0.4) is 0 Å². The standard InChI is InChI=1S/C21H22F2N2O4S/c1-3-21(27)25-13(2)10-14-11-16(5-7-19(14)25)30(28,29)9-8-20(26)24-18-6-4-15(22)12-17(18)23/h4-7,11-13H,3,8-10H2,1-2H3,(H,24,26). The van der Waals surface area contributed by atoms with Gasteiger partial charge in [-0.15, -0.1) is 0 Å². The predicted octanol–water partition coefficient (Wildman–Crippen LogP) is 3.45. The van der Waals surface area contributed by atoms with Gasteiger partial charge in [-0.1, -0.05) is 6.92 Å². The lowest BCUT2D eigenvalue weighted by molar-refractivity contribution is -0.118. The van der Waals surface area contributed by atoms with Crippen LogP contribution in [0.4, 0.5) is 20.2 Å². The number of carbonyl (C=O) groups excluding carboxylic acids is 2. The lowest BCUT2D eigenvalue weighted by Crippen LogP contribution is -2.35. The molecule has 0 fully saturated rings. The molecule has 0 spiro atoms. The summed E-state index contributed by atoms with van der Waals surface area (Å²) in [5, 5.41) is 2.24. The Labute approximate surface area is 173 Å². The molecule has 1 atom stereocenters. The number of hydrogen-bond donors (Lipinski definition) is 1. The highest BCUT2D eigenvalue weighted by molar-refractivity contribution is 7.91. The van der Waals surface area contributed by atoms with E-state index in [-0.39, 0.29) is 29.0 Å². The summed E-state index contributed by atoms with van der Waals surface area (Å²) in [6.45, 7) is 3.68. The van der Waals surface area contributed by atoms with E-state index in [2.05, 4.69) is 5.32 Å². The number of benzene rings is 2. The van der Waals surface area contributed by atoms with Gasteiger partial charge in [-0.2, -0.15) is 0 Å². The minimum Gasteiger partial charge on any atom is -0.324 e. The Morgan fingerprint density at radius 3 is 2.57 bits per heavy atom. The zero-order valence-corrected chi connectivity index (χ0v) is 17.4. The number of carbonyl (C=O) groups is 2. The minimum atomic E-state index is -3.76. The first kappa shape index (κ1) is 21.9. The van der Waals surface area contributed by atoms with Gasteiger partial charge in [-0.3, -0.25) is 9.59 Å². The Morgan fingerprint density at radius 1 is 1.17 bits per heavy atom. The van der Waals surface area contributed by atoms with Crippen molar-refractivity contribution in [2.45, 2.75) is 44.0 Å². The third-order valence-electron chi connectivity index (χ3n) is 5.00. The van der Waals surface area contributed by atoms with Crippen LogP contribution in [0.2, 0.25) is 0 Å². The number of anilines is 2. The van der Waals surface area contributed by atoms with Crippen molar-refractivity contribution in [2.24, 2.45) is 0 Å². The summed E-state index contributed by atoms with van der Waals surface area (Å²) in [5.41, 5.74) is 1.26. The van der Waals surface area contributed by atoms with Crippen LogP contribution in [0.1, 0.15) is 32.3 Å². The van der Waals surface area contributed by atoms with Crippen molar-refractivity contribution in [2.75, 3.05) is 16.0 Å². The van der Waals surface area contributed by atoms with Crippen molar-refractivity contribution in [3.8, 4) is 0 Å². The molecule has 160 valence electrons. The molecular formula is C21H22F2N2O4S. The molecule has 0 aliphatic carbocycles. The molecule has 1 aliphatic heterocycles. The maximum Gasteiger partial charge on any atom is 0.226 e. The average molecular weight is 436 g/mol. The van der Waals surface area contributed by atoms with Crippen molar-refractivity contribution in [1.82, 2.24) is 0 Å². The van der Waals surface area contributed by atoms with Crippen LogP contribution in [0.25, 0.3) is 0 Å². The number of nitrogens with zero attached hydrogens (tertiary/aromatic N) is 1. The van der Waals surface area contributed by atoms with Crippen molar-refractivity contribution in [1.29, 1.82) is 0 Å². The molecule has 1 aliphatic rings. The Balaban J connectivity index is 1.70. The van der Waals surface area contributed by atoms with Crippen molar-refractivity contribution in [3.05, 3.63) is 53.6 Å². The van der Waals surface area contributed by atoms with E-state index in [0.717, 1.165) is 17.7 Å². The summed E-state index contributed by atoms with van der Waals surface area (Å²) in [6, 6.07) is 7.23. The molecule has 2 aromatic rings. The van der Waals surface area contributed by atoms with Gasteiger partial charge in [-0.05, 0) is 49.2 Å². The molecule has 1 N–H and O–H groups in total. The van der Waals surface area contributed by atoms with E-state index in [4.69, 9.17) is 0 Å². The second-order valence-corrected chi connectivity index (χ2v) is 9.31. The molecular weight excluding hydrogens is 414 g/mol. The number of nitrogens with one attached hydrogen (secondary N) is 1. The Morgan fingerprint density at radius 2 is 1.90 bits per heavy atom. The van der Waals surface area contributed by atoms with Crippen molar-refractivity contribution in [3.63, 3.8) is 0 Å². The molecule has 0 aromatic heterocycles. The van der Waals surface area contributed by atoms with Gasteiger partial charge in [0.1, 0.15) is 11.6 Å². The molecule has 30 heavy (non-hydrogen) atoms. The van der Waals surface area contributed by atoms with Crippen LogP contribution in [0, 0.1) is 11.6 Å². The maximum atomic E-state index is 13.6. The SMILES string of the molecule is CCC(=O)N1c2ccc(S(=O)(=O)CCC(=O)Nc3ccc(F)cc3F)cc2CC1C. The van der Waals surface area contributed by atoms with E-state index in [1.54, 1.807) is 24.0 Å². The summed E-state index contributed by atoms with van der Waals surface area (Å²) >= 11 is 0. The Hall–Kier alpha value is -2.81. The highest BCUT2D eigenvalue weighted by atomic mass is 32.2. The number of amides is 2. The second kappa shape index (κ2) is 8.51. The van der Waals surface area contributed by atoms with Gasteiger partial charge in [-0.25, -0.2) is 17.2 Å². The molecule has 1 unspecified atom stereocenters. The topological polar surface area (TPSA) is 83.6 Å². The minimum absolute atomic E-state index is 0.0263. The number of hydrogen-bond acceptors (Lipinski definition) is 4. The molecule has 0 bridgehead atoms. The number of rotatable bonds is 6. The van der Waals surface area contributed by atoms with Crippen LogP contribution < -0.4 is 10.2 Å². The smallest absolute Gasteiger partial charge is 0.226 e. The number of sulfone groups is 1. The zero-order chi connectivity index (χ0) is 22.1. The van der Waals surface area contributed by atoms with E-state index >= 15 is 0 Å². The first-order valence-electron chi connectivity index (χ1n) is 9.55. The maximum absolute atomic E-state index is 13.6. The fraction of sp³-hybridized carbons (Fsp3) is 0.333. The van der Waals surface area contributed by atoms with Gasteiger partial charge in [0, 0.05) is 30.6 Å². The first-order valence-corrected chi connectivity index (χ1v) is 11.2.